The third kappa shape index (κ3) is 7.42. The summed E-state index contributed by atoms with van der Waals surface area (Å²) in [5.41, 5.74) is 2.05. The number of alkyl halides is 2. The van der Waals surface area contributed by atoms with Gasteiger partial charge in [0.05, 0.1) is 5.60 Å². The van der Waals surface area contributed by atoms with E-state index < -0.39 is 11.5 Å². The maximum atomic E-state index is 12.8. The summed E-state index contributed by atoms with van der Waals surface area (Å²) in [5, 5.41) is 10.6. The molecule has 0 fully saturated rings. The number of carbonyl (C=O) groups is 2. The van der Waals surface area contributed by atoms with Crippen molar-refractivity contribution >= 4 is 11.6 Å². The van der Waals surface area contributed by atoms with E-state index >= 15 is 0 Å². The number of allylic oxidation sites excluding steroid dienone is 6. The van der Waals surface area contributed by atoms with Gasteiger partial charge >= 0.3 is 0 Å². The van der Waals surface area contributed by atoms with Crippen LogP contribution >= 0.6 is 0 Å². The zero-order chi connectivity index (χ0) is 21.7. The summed E-state index contributed by atoms with van der Waals surface area (Å²) in [5.74, 6) is -2.82. The number of ketones is 2. The third-order valence-corrected chi connectivity index (χ3v) is 5.59. The van der Waals surface area contributed by atoms with Crippen LogP contribution in [0.15, 0.2) is 33.9 Å². The Morgan fingerprint density at radius 2 is 1.54 bits per heavy atom. The molecule has 1 aliphatic rings. The van der Waals surface area contributed by atoms with Crippen LogP contribution < -0.4 is 0 Å². The lowest BCUT2D eigenvalue weighted by Gasteiger charge is -2.25. The van der Waals surface area contributed by atoms with Gasteiger partial charge in [-0.05, 0) is 80.1 Å². The molecule has 0 saturated carbocycles. The number of rotatable bonds is 10. The van der Waals surface area contributed by atoms with Crippen LogP contribution in [0.25, 0.3) is 0 Å². The van der Waals surface area contributed by atoms with Gasteiger partial charge in [-0.25, -0.2) is 8.78 Å². The molecule has 0 aromatic rings. The lowest BCUT2D eigenvalue weighted by atomic mass is 9.82. The molecule has 0 amide bonds. The van der Waals surface area contributed by atoms with Gasteiger partial charge in [0.1, 0.15) is 0 Å². The van der Waals surface area contributed by atoms with Crippen LogP contribution in [0, 0.1) is 0 Å². The highest BCUT2D eigenvalue weighted by Crippen LogP contribution is 2.30. The summed E-state index contributed by atoms with van der Waals surface area (Å²) in [7, 11) is 0. The Morgan fingerprint density at radius 1 is 0.964 bits per heavy atom. The van der Waals surface area contributed by atoms with Crippen LogP contribution in [0.4, 0.5) is 8.78 Å². The fourth-order valence-electron chi connectivity index (χ4n) is 3.39. The van der Waals surface area contributed by atoms with Gasteiger partial charge in [0, 0.05) is 28.7 Å². The molecule has 28 heavy (non-hydrogen) atoms. The van der Waals surface area contributed by atoms with Crippen molar-refractivity contribution in [3.05, 3.63) is 33.9 Å². The van der Waals surface area contributed by atoms with Crippen LogP contribution in [-0.2, 0) is 9.59 Å². The molecule has 5 heteroatoms. The van der Waals surface area contributed by atoms with E-state index in [0.717, 1.165) is 12.5 Å². The van der Waals surface area contributed by atoms with Crippen molar-refractivity contribution in [1.29, 1.82) is 0 Å². The van der Waals surface area contributed by atoms with Gasteiger partial charge in [0.15, 0.2) is 11.6 Å². The summed E-state index contributed by atoms with van der Waals surface area (Å²) in [4.78, 5) is 24.7. The number of aliphatic hydroxyl groups is 1. The molecule has 0 spiro atoms. The van der Waals surface area contributed by atoms with E-state index in [1.165, 1.54) is 0 Å². The van der Waals surface area contributed by atoms with Gasteiger partial charge in [-0.1, -0.05) is 11.6 Å². The molecule has 0 radical (unpaired) electrons. The van der Waals surface area contributed by atoms with Crippen LogP contribution in [0.5, 0.6) is 0 Å². The van der Waals surface area contributed by atoms with Gasteiger partial charge in [0.2, 0.25) is 5.92 Å². The summed E-state index contributed by atoms with van der Waals surface area (Å²) in [6, 6.07) is 0. The Hall–Kier alpha value is -1.62. The average molecular weight is 397 g/mol. The number of Topliss-reactive ketones (excluding diaryl/α,β-unsaturated/α-hetero) is 2. The molecule has 158 valence electrons. The van der Waals surface area contributed by atoms with Gasteiger partial charge in [-0.2, -0.15) is 0 Å². The lowest BCUT2D eigenvalue weighted by molar-refractivity contribution is -0.116. The van der Waals surface area contributed by atoms with Crippen molar-refractivity contribution in [3.63, 3.8) is 0 Å². The molecule has 1 N–H and O–H groups in total. The number of halogens is 2. The molecule has 0 saturated heterocycles. The van der Waals surface area contributed by atoms with Crippen LogP contribution in [0.2, 0.25) is 0 Å². The highest BCUT2D eigenvalue weighted by atomic mass is 19.3. The monoisotopic (exact) mass is 396 g/mol. The smallest absolute Gasteiger partial charge is 0.245 e. The van der Waals surface area contributed by atoms with Crippen molar-refractivity contribution in [2.45, 2.75) is 98.0 Å². The van der Waals surface area contributed by atoms with E-state index in [4.69, 9.17) is 0 Å². The molecule has 0 unspecified atom stereocenters. The minimum absolute atomic E-state index is 0.0945. The van der Waals surface area contributed by atoms with E-state index in [1.54, 1.807) is 27.7 Å². The van der Waals surface area contributed by atoms with Crippen molar-refractivity contribution in [3.8, 4) is 0 Å². The Kier molecular flexibility index (Phi) is 8.48. The average Bonchev–Trinajstić information content (AvgIpc) is 2.57. The van der Waals surface area contributed by atoms with Crippen molar-refractivity contribution < 1.29 is 23.5 Å². The molecular formula is C23H34F2O3. The normalized spacial score (nSPS) is 18.8. The lowest BCUT2D eigenvalue weighted by Crippen LogP contribution is -2.26. The third-order valence-electron chi connectivity index (χ3n) is 5.59. The highest BCUT2D eigenvalue weighted by Gasteiger charge is 2.29. The zero-order valence-electron chi connectivity index (χ0n) is 18.0. The Bertz CT molecular complexity index is 704. The molecule has 1 aliphatic carbocycles. The fourth-order valence-corrected chi connectivity index (χ4v) is 3.39. The summed E-state index contributed by atoms with van der Waals surface area (Å²) in [6.45, 7) is 9.59. The Balaban J connectivity index is 2.55. The first-order chi connectivity index (χ1) is 12.7. The first kappa shape index (κ1) is 24.4. The molecule has 1 atom stereocenters. The second-order valence-corrected chi connectivity index (χ2v) is 8.52. The van der Waals surface area contributed by atoms with Crippen molar-refractivity contribution in [2.75, 3.05) is 0 Å². The molecule has 3 nitrogen and oxygen atoms in total. The maximum Gasteiger partial charge on any atom is 0.245 e. The number of hydrogen-bond donors (Lipinski definition) is 1. The molecule has 0 heterocycles. The van der Waals surface area contributed by atoms with E-state index in [9.17, 15) is 23.5 Å². The SMILES string of the molecule is CC1=C(C)C(=O)C(CC[C@@](C)(O)CC/C=C(\C)CCCC(C)(F)F)=C(C)C1=O. The van der Waals surface area contributed by atoms with Gasteiger partial charge in [-0.3, -0.25) is 9.59 Å². The maximum absolute atomic E-state index is 12.8. The second kappa shape index (κ2) is 9.73. The predicted molar refractivity (Wildman–Crippen MR) is 108 cm³/mol. The quantitative estimate of drug-likeness (QED) is 0.371. The Labute approximate surface area is 167 Å². The van der Waals surface area contributed by atoms with Gasteiger partial charge in [0.25, 0.3) is 0 Å². The van der Waals surface area contributed by atoms with E-state index in [1.807, 2.05) is 13.0 Å². The van der Waals surface area contributed by atoms with E-state index in [0.29, 0.717) is 60.8 Å². The Morgan fingerprint density at radius 3 is 2.11 bits per heavy atom. The predicted octanol–water partition coefficient (Wildman–Crippen LogP) is 5.87. The standard InChI is InChI=1S/C23H34F2O3/c1-15(10-8-13-23(6,24)25)9-7-12-22(5,28)14-11-19-18(4)20(26)16(2)17(3)21(19)27/h9,28H,7-8,10-14H2,1-6H3/b15-9+/t22-/m0/s1. The minimum Gasteiger partial charge on any atom is -0.390 e. The van der Waals surface area contributed by atoms with Crippen LogP contribution in [0.3, 0.4) is 0 Å². The van der Waals surface area contributed by atoms with Crippen molar-refractivity contribution in [2.24, 2.45) is 0 Å². The summed E-state index contributed by atoms with van der Waals surface area (Å²) in [6.07, 6.45) is 4.84. The van der Waals surface area contributed by atoms with Crippen LogP contribution in [0.1, 0.15) is 86.5 Å². The van der Waals surface area contributed by atoms with Crippen LogP contribution in [-0.4, -0.2) is 28.2 Å². The number of carbonyl (C=O) groups excluding carboxylic acids is 2. The molecule has 0 aromatic heterocycles. The fraction of sp³-hybridized carbons (Fsp3) is 0.652. The number of hydrogen-bond acceptors (Lipinski definition) is 3. The molecule has 1 rings (SSSR count). The topological polar surface area (TPSA) is 54.4 Å². The summed E-state index contributed by atoms with van der Waals surface area (Å²) < 4.78 is 25.7. The van der Waals surface area contributed by atoms with Gasteiger partial charge in [-0.15, -0.1) is 0 Å². The van der Waals surface area contributed by atoms with E-state index in [-0.39, 0.29) is 18.0 Å². The zero-order valence-corrected chi connectivity index (χ0v) is 18.0. The minimum atomic E-state index is -2.62. The summed E-state index contributed by atoms with van der Waals surface area (Å²) >= 11 is 0. The molecule has 0 aromatic carbocycles. The van der Waals surface area contributed by atoms with E-state index in [2.05, 4.69) is 0 Å². The first-order valence-electron chi connectivity index (χ1n) is 9.97. The largest absolute Gasteiger partial charge is 0.390 e. The van der Waals surface area contributed by atoms with Crippen molar-refractivity contribution in [1.82, 2.24) is 0 Å². The molecular weight excluding hydrogens is 362 g/mol. The first-order valence-corrected chi connectivity index (χ1v) is 9.97. The highest BCUT2D eigenvalue weighted by molar-refractivity contribution is 6.24. The molecule has 0 bridgehead atoms. The van der Waals surface area contributed by atoms with Gasteiger partial charge < -0.3 is 5.11 Å². The second-order valence-electron chi connectivity index (χ2n) is 8.52. The molecule has 0 aliphatic heterocycles.